The average Bonchev–Trinajstić information content (AvgIpc) is 2.66. The second-order valence-corrected chi connectivity index (χ2v) is 5.42. The maximum Gasteiger partial charge on any atom is 0.198 e. The monoisotopic (exact) mass is 289 g/mol. The average molecular weight is 289 g/mol. The molecule has 3 nitrogen and oxygen atoms in total. The van der Waals surface area contributed by atoms with Crippen LogP contribution in [0.5, 0.6) is 0 Å². The lowest BCUT2D eigenvalue weighted by molar-refractivity contribution is 0.627. The van der Waals surface area contributed by atoms with Gasteiger partial charge in [-0.05, 0) is 49.2 Å². The van der Waals surface area contributed by atoms with Crippen LogP contribution in [0, 0.1) is 10.6 Å². The van der Waals surface area contributed by atoms with Crippen LogP contribution in [0.25, 0.3) is 0 Å². The van der Waals surface area contributed by atoms with Crippen LogP contribution in [0.4, 0.5) is 10.2 Å². The van der Waals surface area contributed by atoms with Crippen LogP contribution in [0.15, 0.2) is 24.3 Å². The van der Waals surface area contributed by atoms with Gasteiger partial charge in [0.05, 0.1) is 0 Å². The lowest BCUT2D eigenvalue weighted by Gasteiger charge is -2.12. The maximum absolute atomic E-state index is 13.0. The van der Waals surface area contributed by atoms with E-state index in [0.29, 0.717) is 4.77 Å². The van der Waals surface area contributed by atoms with Crippen molar-refractivity contribution in [3.63, 3.8) is 0 Å². The molecule has 0 saturated heterocycles. The van der Waals surface area contributed by atoms with Crippen LogP contribution in [0.1, 0.15) is 29.7 Å². The Labute approximate surface area is 122 Å². The number of benzene rings is 1. The van der Waals surface area contributed by atoms with Gasteiger partial charge in [0.1, 0.15) is 11.6 Å². The number of anilines is 1. The summed E-state index contributed by atoms with van der Waals surface area (Å²) in [5, 5.41) is 3.34. The zero-order valence-corrected chi connectivity index (χ0v) is 11.9. The highest BCUT2D eigenvalue weighted by Crippen LogP contribution is 2.23. The summed E-state index contributed by atoms with van der Waals surface area (Å²) < 4.78 is 13.5. The first kappa shape index (κ1) is 13.2. The van der Waals surface area contributed by atoms with E-state index in [-0.39, 0.29) is 5.82 Å². The summed E-state index contributed by atoms with van der Waals surface area (Å²) in [6.07, 6.45) is 4.00. The van der Waals surface area contributed by atoms with Gasteiger partial charge < -0.3 is 10.3 Å². The van der Waals surface area contributed by atoms with Gasteiger partial charge in [0.25, 0.3) is 0 Å². The van der Waals surface area contributed by atoms with Crippen LogP contribution >= 0.6 is 12.2 Å². The van der Waals surface area contributed by atoms with E-state index in [9.17, 15) is 4.39 Å². The van der Waals surface area contributed by atoms with E-state index >= 15 is 0 Å². The van der Waals surface area contributed by atoms with Gasteiger partial charge in [-0.15, -0.1) is 0 Å². The van der Waals surface area contributed by atoms with Crippen molar-refractivity contribution < 1.29 is 4.39 Å². The van der Waals surface area contributed by atoms with E-state index in [1.165, 1.54) is 17.7 Å². The molecule has 0 spiro atoms. The Kier molecular flexibility index (Phi) is 3.78. The summed E-state index contributed by atoms with van der Waals surface area (Å²) in [5.41, 5.74) is 3.36. The van der Waals surface area contributed by atoms with Gasteiger partial charge in [0.2, 0.25) is 0 Å². The predicted molar refractivity (Wildman–Crippen MR) is 80.1 cm³/mol. The van der Waals surface area contributed by atoms with Crippen LogP contribution in [0.2, 0.25) is 0 Å². The highest BCUT2D eigenvalue weighted by atomic mass is 32.1. The topological polar surface area (TPSA) is 40.7 Å². The number of fused-ring (bicyclic) bond motifs is 1. The molecule has 0 atom stereocenters. The standard InChI is InChI=1S/C15H16FN3S/c16-11-6-4-10(5-7-11)9-13-12-3-1-2-8-17-14(12)19-15(20)18-13/h4-7H,1-3,8-9H2,(H2,17,18,19,20). The normalized spacial score (nSPS) is 14.2. The fraction of sp³-hybridized carbons (Fsp3) is 0.333. The van der Waals surface area contributed by atoms with Crippen molar-refractivity contribution in [1.82, 2.24) is 9.97 Å². The summed E-state index contributed by atoms with van der Waals surface area (Å²) in [6, 6.07) is 6.59. The van der Waals surface area contributed by atoms with Gasteiger partial charge in [-0.25, -0.2) is 9.37 Å². The first-order chi connectivity index (χ1) is 9.72. The van der Waals surface area contributed by atoms with Crippen molar-refractivity contribution in [2.75, 3.05) is 11.9 Å². The molecule has 0 radical (unpaired) electrons. The molecule has 0 fully saturated rings. The van der Waals surface area contributed by atoms with E-state index < -0.39 is 0 Å². The molecule has 2 aromatic rings. The molecular formula is C15H16FN3S. The summed E-state index contributed by atoms with van der Waals surface area (Å²) in [6.45, 7) is 0.939. The smallest absolute Gasteiger partial charge is 0.198 e. The molecule has 5 heteroatoms. The van der Waals surface area contributed by atoms with Crippen molar-refractivity contribution in [2.45, 2.75) is 25.7 Å². The highest BCUT2D eigenvalue weighted by Gasteiger charge is 2.14. The third kappa shape index (κ3) is 2.88. The summed E-state index contributed by atoms with van der Waals surface area (Å²) in [5.74, 6) is 0.695. The van der Waals surface area contributed by atoms with E-state index in [4.69, 9.17) is 12.2 Å². The van der Waals surface area contributed by atoms with E-state index in [2.05, 4.69) is 15.3 Å². The number of nitrogens with zero attached hydrogens (tertiary/aromatic N) is 1. The molecule has 0 saturated carbocycles. The van der Waals surface area contributed by atoms with Crippen molar-refractivity contribution in [3.8, 4) is 0 Å². The molecular weight excluding hydrogens is 273 g/mol. The zero-order valence-electron chi connectivity index (χ0n) is 11.1. The van der Waals surface area contributed by atoms with E-state index in [0.717, 1.165) is 49.3 Å². The van der Waals surface area contributed by atoms with Crippen LogP contribution < -0.4 is 5.32 Å². The molecule has 1 aliphatic heterocycles. The number of nitrogens with one attached hydrogen (secondary N) is 2. The quantitative estimate of drug-likeness (QED) is 0.830. The minimum atomic E-state index is -0.211. The second-order valence-electron chi connectivity index (χ2n) is 5.03. The maximum atomic E-state index is 13.0. The molecule has 2 heterocycles. The molecule has 0 amide bonds. The number of hydrogen-bond donors (Lipinski definition) is 2. The van der Waals surface area contributed by atoms with Crippen molar-refractivity contribution >= 4 is 18.0 Å². The molecule has 3 rings (SSSR count). The zero-order chi connectivity index (χ0) is 13.9. The number of H-pyrrole nitrogens is 1. The molecule has 0 aliphatic carbocycles. The Bertz CT molecular complexity index is 664. The number of hydrogen-bond acceptors (Lipinski definition) is 3. The van der Waals surface area contributed by atoms with Crippen LogP contribution in [-0.4, -0.2) is 16.5 Å². The summed E-state index contributed by atoms with van der Waals surface area (Å²) >= 11 is 5.20. The van der Waals surface area contributed by atoms with Gasteiger partial charge in [0, 0.05) is 24.2 Å². The van der Waals surface area contributed by atoms with Gasteiger partial charge in [-0.3, -0.25) is 0 Å². The SMILES string of the molecule is Fc1ccc(Cc2[nH]c(=S)nc3c2CCCCN3)cc1. The molecule has 20 heavy (non-hydrogen) atoms. The van der Waals surface area contributed by atoms with Gasteiger partial charge in [-0.2, -0.15) is 0 Å². The van der Waals surface area contributed by atoms with Crippen molar-refractivity contribution in [1.29, 1.82) is 0 Å². The number of rotatable bonds is 2. The molecule has 2 N–H and O–H groups in total. The molecule has 1 aromatic carbocycles. The molecule has 0 unspecified atom stereocenters. The highest BCUT2D eigenvalue weighted by molar-refractivity contribution is 7.71. The van der Waals surface area contributed by atoms with Crippen molar-refractivity contribution in [2.24, 2.45) is 0 Å². The molecule has 104 valence electrons. The third-order valence-corrected chi connectivity index (χ3v) is 3.75. The van der Waals surface area contributed by atoms with E-state index in [1.54, 1.807) is 0 Å². The Morgan fingerprint density at radius 3 is 2.80 bits per heavy atom. The first-order valence-corrected chi connectivity index (χ1v) is 7.23. The second kappa shape index (κ2) is 5.71. The fourth-order valence-electron chi connectivity index (χ4n) is 2.55. The molecule has 1 aliphatic rings. The molecule has 0 bridgehead atoms. The van der Waals surface area contributed by atoms with Gasteiger partial charge >= 0.3 is 0 Å². The van der Waals surface area contributed by atoms with Crippen molar-refractivity contribution in [3.05, 3.63) is 51.7 Å². The number of aromatic amines is 1. The number of aromatic nitrogens is 2. The third-order valence-electron chi connectivity index (χ3n) is 3.56. The van der Waals surface area contributed by atoms with Crippen LogP contribution in [-0.2, 0) is 12.8 Å². The first-order valence-electron chi connectivity index (χ1n) is 6.83. The largest absolute Gasteiger partial charge is 0.370 e. The van der Waals surface area contributed by atoms with Crippen LogP contribution in [0.3, 0.4) is 0 Å². The van der Waals surface area contributed by atoms with E-state index in [1.807, 2.05) is 12.1 Å². The molecule has 1 aromatic heterocycles. The Morgan fingerprint density at radius 1 is 1.20 bits per heavy atom. The Balaban J connectivity index is 1.98. The minimum absolute atomic E-state index is 0.211. The van der Waals surface area contributed by atoms with Gasteiger partial charge in [0.15, 0.2) is 4.77 Å². The Hall–Kier alpha value is -1.75. The predicted octanol–water partition coefficient (Wildman–Crippen LogP) is 3.62. The lowest BCUT2D eigenvalue weighted by Crippen LogP contribution is -2.07. The minimum Gasteiger partial charge on any atom is -0.370 e. The Morgan fingerprint density at radius 2 is 2.00 bits per heavy atom. The number of halogens is 1. The lowest BCUT2D eigenvalue weighted by atomic mass is 10.0. The summed E-state index contributed by atoms with van der Waals surface area (Å²) in [7, 11) is 0. The fourth-order valence-corrected chi connectivity index (χ4v) is 2.77. The summed E-state index contributed by atoms with van der Waals surface area (Å²) in [4.78, 5) is 7.57. The van der Waals surface area contributed by atoms with Gasteiger partial charge in [-0.1, -0.05) is 12.1 Å².